The minimum absolute atomic E-state index is 0.0343. The maximum Gasteiger partial charge on any atom is 0.459 e. The molecule has 1 aromatic carbocycles. The lowest BCUT2D eigenvalue weighted by atomic mass is 9.89. The van der Waals surface area contributed by atoms with E-state index in [9.17, 15) is 54.8 Å². The maximum atomic E-state index is 14.2. The number of benzene rings is 1. The summed E-state index contributed by atoms with van der Waals surface area (Å²) in [5.74, 6) is -9.67. The fourth-order valence-electron chi connectivity index (χ4n) is 4.97. The number of rotatable bonds is 10. The molecule has 0 spiro atoms. The highest BCUT2D eigenvalue weighted by Gasteiger charge is 2.64. The van der Waals surface area contributed by atoms with Gasteiger partial charge >= 0.3 is 30.2 Å². The van der Waals surface area contributed by atoms with Crippen molar-refractivity contribution in [1.82, 2.24) is 24.5 Å². The molecule has 20 heteroatoms. The first kappa shape index (κ1) is 40.0. The van der Waals surface area contributed by atoms with Crippen LogP contribution in [0.4, 0.5) is 35.1 Å². The molecule has 0 N–H and O–H groups in total. The number of amides is 1. The molecule has 1 fully saturated rings. The Balaban J connectivity index is 1.65. The van der Waals surface area contributed by atoms with Crippen LogP contribution in [0.3, 0.4) is 0 Å². The summed E-state index contributed by atoms with van der Waals surface area (Å²) in [5.41, 5.74) is -8.67. The van der Waals surface area contributed by atoms with Crippen LogP contribution in [0, 0.1) is 16.7 Å². The lowest BCUT2D eigenvalue weighted by molar-refractivity contribution is -0.292. The summed E-state index contributed by atoms with van der Waals surface area (Å²) >= 11 is 6.34. The predicted molar refractivity (Wildman–Crippen MR) is 165 cm³/mol. The number of nitriles is 1. The third kappa shape index (κ3) is 8.01. The Morgan fingerprint density at radius 3 is 2.15 bits per heavy atom. The van der Waals surface area contributed by atoms with Crippen molar-refractivity contribution >= 4 is 29.4 Å². The van der Waals surface area contributed by atoms with E-state index in [1.165, 1.54) is 32.0 Å². The van der Waals surface area contributed by atoms with Gasteiger partial charge in [0.1, 0.15) is 16.7 Å². The fraction of sp³-hybridized carbons (Fsp3) is 0.500. The van der Waals surface area contributed by atoms with Gasteiger partial charge in [-0.25, -0.2) is 9.36 Å². The van der Waals surface area contributed by atoms with Crippen molar-refractivity contribution in [2.45, 2.75) is 83.3 Å². The molecule has 1 saturated carbocycles. The largest absolute Gasteiger partial charge is 0.460 e. The monoisotopic (exact) mass is 766 g/mol. The molecule has 0 aliphatic heterocycles. The van der Waals surface area contributed by atoms with Gasteiger partial charge in [0.2, 0.25) is 0 Å². The van der Waals surface area contributed by atoms with Crippen molar-refractivity contribution in [2.75, 3.05) is 6.73 Å². The van der Waals surface area contributed by atoms with Crippen molar-refractivity contribution in [2.24, 2.45) is 12.5 Å². The van der Waals surface area contributed by atoms with E-state index < -0.39 is 82.9 Å². The number of esters is 2. The second-order valence-corrected chi connectivity index (χ2v) is 14.1. The number of nitrogens with zero attached hydrogens (tertiary/aromatic N) is 6. The van der Waals surface area contributed by atoms with Gasteiger partial charge in [0.25, 0.3) is 5.91 Å². The zero-order valence-corrected chi connectivity index (χ0v) is 29.1. The van der Waals surface area contributed by atoms with E-state index in [0.29, 0.717) is 4.68 Å². The summed E-state index contributed by atoms with van der Waals surface area (Å²) in [5, 5.41) is 16.3. The molecule has 282 valence electrons. The van der Waals surface area contributed by atoms with Gasteiger partial charge in [-0.3, -0.25) is 19.3 Å². The highest BCUT2D eigenvalue weighted by molar-refractivity contribution is 6.34. The van der Waals surface area contributed by atoms with E-state index in [1.54, 1.807) is 20.8 Å². The predicted octanol–water partition coefficient (Wildman–Crippen LogP) is 7.36. The Labute approximate surface area is 296 Å². The number of aryl methyl sites for hydroxylation is 1. The van der Waals surface area contributed by atoms with Crippen LogP contribution in [-0.4, -0.2) is 66.4 Å². The molecule has 52 heavy (non-hydrogen) atoms. The third-order valence-electron chi connectivity index (χ3n) is 7.87. The van der Waals surface area contributed by atoms with Crippen molar-refractivity contribution < 1.29 is 59.0 Å². The second kappa shape index (κ2) is 13.4. The zero-order chi connectivity index (χ0) is 39.4. The lowest BCUT2D eigenvalue weighted by Gasteiger charge is -2.29. The van der Waals surface area contributed by atoms with Crippen molar-refractivity contribution in [3.05, 3.63) is 52.4 Å². The molecule has 0 saturated heterocycles. The van der Waals surface area contributed by atoms with Gasteiger partial charge < -0.3 is 9.47 Å². The van der Waals surface area contributed by atoms with E-state index in [4.69, 9.17) is 21.1 Å². The lowest BCUT2D eigenvalue weighted by Crippen LogP contribution is -2.44. The molecular formula is C32H31ClF8N6O5. The number of hydrogen-bond donors (Lipinski definition) is 0. The van der Waals surface area contributed by atoms with Crippen molar-refractivity contribution in [1.29, 1.82) is 5.26 Å². The van der Waals surface area contributed by atoms with Crippen LogP contribution in [0.2, 0.25) is 5.02 Å². The normalized spacial score (nSPS) is 14.8. The summed E-state index contributed by atoms with van der Waals surface area (Å²) < 4.78 is 121. The SMILES string of the molecule is Cn1nc(C(F)(F)C(F)(F)F)c(C(F)(F)F)c1-n1cc(-c2ccc(Cl)c(C(=O)N(COC(=O)CC(C)(C)C(=O)OC(C)(C)C)C3(C#N)CC3)c2)cn1. The molecule has 0 radical (unpaired) electrons. The summed E-state index contributed by atoms with van der Waals surface area (Å²) in [4.78, 5) is 40.2. The van der Waals surface area contributed by atoms with Crippen LogP contribution >= 0.6 is 11.6 Å². The number of alkyl halides is 8. The van der Waals surface area contributed by atoms with Gasteiger partial charge in [0.05, 0.1) is 34.7 Å². The highest BCUT2D eigenvalue weighted by Crippen LogP contribution is 2.49. The molecule has 0 atom stereocenters. The van der Waals surface area contributed by atoms with Gasteiger partial charge in [-0.05, 0) is 65.2 Å². The molecule has 0 bridgehead atoms. The highest BCUT2D eigenvalue weighted by atomic mass is 35.5. The summed E-state index contributed by atoms with van der Waals surface area (Å²) in [6, 6.07) is 5.74. The molecule has 2 heterocycles. The topological polar surface area (TPSA) is 132 Å². The van der Waals surface area contributed by atoms with Crippen molar-refractivity contribution in [3.63, 3.8) is 0 Å². The summed E-state index contributed by atoms with van der Waals surface area (Å²) in [7, 11) is 0.726. The number of ether oxygens (including phenoxy) is 2. The van der Waals surface area contributed by atoms with Crippen LogP contribution in [0.5, 0.6) is 0 Å². The fourth-order valence-corrected chi connectivity index (χ4v) is 5.17. The van der Waals surface area contributed by atoms with E-state index in [1.807, 2.05) is 6.07 Å². The van der Waals surface area contributed by atoms with Crippen LogP contribution in [-0.2, 0) is 38.2 Å². The van der Waals surface area contributed by atoms with Crippen molar-refractivity contribution in [3.8, 4) is 23.0 Å². The second-order valence-electron chi connectivity index (χ2n) is 13.7. The minimum Gasteiger partial charge on any atom is -0.460 e. The quantitative estimate of drug-likeness (QED) is 0.119. The number of carbonyl (C=O) groups excluding carboxylic acids is 3. The van der Waals surface area contributed by atoms with Crippen LogP contribution in [0.25, 0.3) is 16.9 Å². The Bertz CT molecular complexity index is 1930. The van der Waals surface area contributed by atoms with Crippen LogP contribution in [0.1, 0.15) is 75.5 Å². The van der Waals surface area contributed by atoms with E-state index in [0.717, 1.165) is 24.3 Å². The van der Waals surface area contributed by atoms with E-state index >= 15 is 0 Å². The van der Waals surface area contributed by atoms with Crippen LogP contribution < -0.4 is 0 Å². The molecule has 2 aromatic heterocycles. The Morgan fingerprint density at radius 2 is 1.63 bits per heavy atom. The smallest absolute Gasteiger partial charge is 0.459 e. The van der Waals surface area contributed by atoms with E-state index in [2.05, 4.69) is 10.2 Å². The molecule has 1 amide bonds. The Morgan fingerprint density at radius 1 is 1.02 bits per heavy atom. The maximum absolute atomic E-state index is 14.2. The average Bonchev–Trinajstić information content (AvgIpc) is 3.46. The first-order chi connectivity index (χ1) is 23.6. The number of hydrogen-bond acceptors (Lipinski definition) is 8. The first-order valence-electron chi connectivity index (χ1n) is 15.2. The van der Waals surface area contributed by atoms with E-state index in [-0.39, 0.29) is 39.2 Å². The molecule has 1 aliphatic rings. The zero-order valence-electron chi connectivity index (χ0n) is 28.3. The summed E-state index contributed by atoms with van der Waals surface area (Å²) in [6.45, 7) is 7.15. The molecule has 4 rings (SSSR count). The summed E-state index contributed by atoms with van der Waals surface area (Å²) in [6.07, 6.45) is -10.3. The molecule has 0 unspecified atom stereocenters. The first-order valence-corrected chi connectivity index (χ1v) is 15.6. The Hall–Kier alpha value is -4.73. The molecule has 11 nitrogen and oxygen atoms in total. The number of carbonyl (C=O) groups is 3. The third-order valence-corrected chi connectivity index (χ3v) is 8.20. The molecule has 3 aromatic rings. The van der Waals surface area contributed by atoms with Gasteiger partial charge in [0.15, 0.2) is 18.2 Å². The van der Waals surface area contributed by atoms with Crippen LogP contribution in [0.15, 0.2) is 30.6 Å². The molecular weight excluding hydrogens is 736 g/mol. The standard InChI is InChI=1S/C32H31ClF8N6O5/c1-27(2,3)52-26(50)28(4,5)12-21(48)51-16-46(29(15-42)9-10-29)25(49)19-11-17(7-8-20(19)33)18-13-43-47(14-18)24-22(31(36,37)38)23(44-45(24)6)30(34,35)32(39,40)41/h7-8,11,13-14H,9-10,12,16H2,1-6H3. The number of halogens is 9. The van der Waals surface area contributed by atoms with Gasteiger partial charge in [-0.1, -0.05) is 17.7 Å². The minimum atomic E-state index is -6.40. The molecule has 1 aliphatic carbocycles. The van der Waals surface area contributed by atoms with Gasteiger partial charge in [-0.15, -0.1) is 0 Å². The van der Waals surface area contributed by atoms with Gasteiger partial charge in [-0.2, -0.15) is 50.6 Å². The average molecular weight is 767 g/mol. The Kier molecular flexibility index (Phi) is 10.3. The van der Waals surface area contributed by atoms with Gasteiger partial charge in [0, 0.05) is 18.8 Å². The number of aromatic nitrogens is 4.